The third-order valence-corrected chi connectivity index (χ3v) is 8.28. The normalized spacial score (nSPS) is 29.7. The number of nitrogens with one attached hydrogen (secondary N) is 1. The van der Waals surface area contributed by atoms with Crippen LogP contribution < -0.4 is 4.72 Å². The van der Waals surface area contributed by atoms with Gasteiger partial charge in [0, 0.05) is 6.54 Å². The minimum Gasteiger partial charge on any atom is -0.461 e. The number of halogens is 4. The Bertz CT molecular complexity index is 1060. The number of nitrogens with zero attached hydrogens (tertiary/aromatic N) is 1. The minimum absolute atomic E-state index is 0.0523. The SMILES string of the molecule is CCOC(=O)/C(F)=C\c1ccc2c(c1)C[C@H]1CC[C@@H](C2)[C@]12CN(CC(F)(F)F)S(=O)(=O)N2. The van der Waals surface area contributed by atoms with Crippen molar-refractivity contribution in [1.29, 1.82) is 0 Å². The van der Waals surface area contributed by atoms with E-state index >= 15 is 0 Å². The lowest BCUT2D eigenvalue weighted by molar-refractivity contribution is -0.140. The van der Waals surface area contributed by atoms with E-state index in [4.69, 9.17) is 0 Å². The van der Waals surface area contributed by atoms with Gasteiger partial charge in [-0.2, -0.15) is 35.0 Å². The summed E-state index contributed by atoms with van der Waals surface area (Å²) < 4.78 is 85.7. The van der Waals surface area contributed by atoms with E-state index < -0.39 is 40.3 Å². The van der Waals surface area contributed by atoms with Crippen molar-refractivity contribution < 1.29 is 35.5 Å². The molecule has 1 spiro atoms. The Morgan fingerprint density at radius 2 is 1.91 bits per heavy atom. The number of esters is 1. The molecule has 2 bridgehead atoms. The Morgan fingerprint density at radius 1 is 1.25 bits per heavy atom. The molecule has 3 aliphatic rings. The maximum absolute atomic E-state index is 14.0. The third-order valence-electron chi connectivity index (χ3n) is 6.70. The van der Waals surface area contributed by atoms with Gasteiger partial charge < -0.3 is 4.74 Å². The zero-order valence-corrected chi connectivity index (χ0v) is 18.2. The maximum atomic E-state index is 14.0. The van der Waals surface area contributed by atoms with E-state index in [9.17, 15) is 30.8 Å². The number of benzene rings is 1. The number of rotatable bonds is 4. The number of hydrogen-bond acceptors (Lipinski definition) is 4. The summed E-state index contributed by atoms with van der Waals surface area (Å²) in [7, 11) is -4.24. The Morgan fingerprint density at radius 3 is 2.53 bits per heavy atom. The highest BCUT2D eigenvalue weighted by Gasteiger charge is 2.60. The molecule has 1 aliphatic heterocycles. The minimum atomic E-state index is -4.63. The Hall–Kier alpha value is -1.98. The van der Waals surface area contributed by atoms with Crippen LogP contribution in [-0.2, 0) is 32.6 Å². The lowest BCUT2D eigenvalue weighted by atomic mass is 9.79. The number of ether oxygens (including phenoxy) is 1. The van der Waals surface area contributed by atoms with E-state index in [0.717, 1.165) is 17.2 Å². The van der Waals surface area contributed by atoms with Gasteiger partial charge in [-0.05, 0) is 67.2 Å². The quantitative estimate of drug-likeness (QED) is 0.412. The van der Waals surface area contributed by atoms with Crippen molar-refractivity contribution in [3.63, 3.8) is 0 Å². The number of alkyl halides is 3. The molecule has 176 valence electrons. The first kappa shape index (κ1) is 23.2. The van der Waals surface area contributed by atoms with Crippen LogP contribution in [-0.4, -0.2) is 50.1 Å². The van der Waals surface area contributed by atoms with Crippen LogP contribution in [0.2, 0.25) is 0 Å². The van der Waals surface area contributed by atoms with Crippen LogP contribution >= 0.6 is 0 Å². The molecule has 6 nitrogen and oxygen atoms in total. The smallest absolute Gasteiger partial charge is 0.402 e. The summed E-state index contributed by atoms with van der Waals surface area (Å²) in [4.78, 5) is 11.5. The highest BCUT2D eigenvalue weighted by atomic mass is 32.2. The second-order valence-corrected chi connectivity index (χ2v) is 10.3. The highest BCUT2D eigenvalue weighted by Crippen LogP contribution is 2.50. The molecule has 1 aromatic carbocycles. The first-order valence-electron chi connectivity index (χ1n) is 10.5. The Balaban J connectivity index is 1.62. The van der Waals surface area contributed by atoms with Crippen molar-refractivity contribution >= 4 is 22.3 Å². The van der Waals surface area contributed by atoms with E-state index in [2.05, 4.69) is 9.46 Å². The fraction of sp³-hybridized carbons (Fsp3) is 0.571. The fourth-order valence-electron chi connectivity index (χ4n) is 5.36. The number of carbonyl (C=O) groups excluding carboxylic acids is 1. The van der Waals surface area contributed by atoms with Crippen molar-refractivity contribution in [2.45, 2.75) is 44.3 Å². The summed E-state index contributed by atoms with van der Waals surface area (Å²) in [5, 5.41) is 0. The molecule has 1 saturated heterocycles. The van der Waals surface area contributed by atoms with E-state index in [1.54, 1.807) is 19.1 Å². The first-order chi connectivity index (χ1) is 14.9. The number of fused-ring (bicyclic) bond motifs is 1. The summed E-state index contributed by atoms with van der Waals surface area (Å²) in [6.07, 6.45) is -1.18. The van der Waals surface area contributed by atoms with Gasteiger partial charge in [0.1, 0.15) is 6.54 Å². The van der Waals surface area contributed by atoms with E-state index in [-0.39, 0.29) is 25.0 Å². The van der Waals surface area contributed by atoms with Gasteiger partial charge in [-0.1, -0.05) is 18.2 Å². The van der Waals surface area contributed by atoms with Crippen LogP contribution in [0.3, 0.4) is 0 Å². The summed E-state index contributed by atoms with van der Waals surface area (Å²) >= 11 is 0. The molecule has 0 aromatic heterocycles. The lowest BCUT2D eigenvalue weighted by Gasteiger charge is -2.33. The molecule has 32 heavy (non-hydrogen) atoms. The summed E-state index contributed by atoms with van der Waals surface area (Å²) in [5.41, 5.74) is 1.34. The van der Waals surface area contributed by atoms with Crippen LogP contribution in [0, 0.1) is 11.8 Å². The topological polar surface area (TPSA) is 75.7 Å². The maximum Gasteiger partial charge on any atom is 0.402 e. The molecular weight excluding hydrogens is 452 g/mol. The average molecular weight is 476 g/mol. The summed E-state index contributed by atoms with van der Waals surface area (Å²) in [6, 6.07) is 5.22. The van der Waals surface area contributed by atoms with Crippen LogP contribution in [0.5, 0.6) is 0 Å². The van der Waals surface area contributed by atoms with Crippen molar-refractivity contribution in [1.82, 2.24) is 9.03 Å². The molecule has 0 amide bonds. The van der Waals surface area contributed by atoms with E-state index in [1.807, 2.05) is 6.07 Å². The van der Waals surface area contributed by atoms with Crippen molar-refractivity contribution in [2.75, 3.05) is 19.7 Å². The monoisotopic (exact) mass is 476 g/mol. The van der Waals surface area contributed by atoms with Gasteiger partial charge in [-0.3, -0.25) is 0 Å². The molecule has 1 aromatic rings. The van der Waals surface area contributed by atoms with Crippen LogP contribution in [0.4, 0.5) is 17.6 Å². The second kappa shape index (κ2) is 8.11. The fourth-order valence-corrected chi connectivity index (χ4v) is 7.07. The molecule has 0 radical (unpaired) electrons. The van der Waals surface area contributed by atoms with Crippen molar-refractivity contribution in [3.05, 3.63) is 40.7 Å². The van der Waals surface area contributed by atoms with Gasteiger partial charge in [-0.25, -0.2) is 4.79 Å². The van der Waals surface area contributed by atoms with Crippen LogP contribution in [0.1, 0.15) is 36.5 Å². The number of hydrogen-bond donors (Lipinski definition) is 1. The Kier molecular flexibility index (Phi) is 5.87. The Labute approximate surface area is 183 Å². The van der Waals surface area contributed by atoms with Gasteiger partial charge in [0.25, 0.3) is 10.2 Å². The zero-order valence-electron chi connectivity index (χ0n) is 17.4. The van der Waals surface area contributed by atoms with E-state index in [0.29, 0.717) is 35.6 Å². The predicted octanol–water partition coefficient (Wildman–Crippen LogP) is 3.14. The number of carbonyl (C=O) groups is 1. The molecule has 4 rings (SSSR count). The summed E-state index contributed by atoms with van der Waals surface area (Å²) in [5.74, 6) is -2.40. The zero-order chi connectivity index (χ0) is 23.3. The first-order valence-corrected chi connectivity index (χ1v) is 11.9. The van der Waals surface area contributed by atoms with E-state index in [1.165, 1.54) is 0 Å². The van der Waals surface area contributed by atoms with Crippen LogP contribution in [0.25, 0.3) is 6.08 Å². The predicted molar refractivity (Wildman–Crippen MR) is 108 cm³/mol. The van der Waals surface area contributed by atoms with Gasteiger partial charge in [0.15, 0.2) is 0 Å². The second-order valence-electron chi connectivity index (χ2n) is 8.65. The lowest BCUT2D eigenvalue weighted by Crippen LogP contribution is -2.52. The van der Waals surface area contributed by atoms with Crippen molar-refractivity contribution in [3.8, 4) is 0 Å². The third kappa shape index (κ3) is 4.29. The molecule has 1 saturated carbocycles. The van der Waals surface area contributed by atoms with Crippen molar-refractivity contribution in [2.24, 2.45) is 11.8 Å². The highest BCUT2D eigenvalue weighted by molar-refractivity contribution is 7.87. The molecule has 11 heteroatoms. The van der Waals surface area contributed by atoms with Gasteiger partial charge in [0.05, 0.1) is 12.1 Å². The molecule has 2 fully saturated rings. The van der Waals surface area contributed by atoms with Gasteiger partial charge in [-0.15, -0.1) is 0 Å². The molecule has 1 heterocycles. The molecule has 3 atom stereocenters. The molecule has 1 N–H and O–H groups in total. The largest absolute Gasteiger partial charge is 0.461 e. The summed E-state index contributed by atoms with van der Waals surface area (Å²) in [6.45, 7) is -0.108. The molecule has 2 aliphatic carbocycles. The molecule has 0 unspecified atom stereocenters. The average Bonchev–Trinajstić information content (AvgIpc) is 3.06. The molecular formula is C21H24F4N2O4S. The van der Waals surface area contributed by atoms with Gasteiger partial charge in [0.2, 0.25) is 5.83 Å². The van der Waals surface area contributed by atoms with Crippen LogP contribution in [0.15, 0.2) is 24.0 Å². The standard InChI is InChI=1S/C21H24F4N2O4S/c1-2-31-19(28)18(22)8-13-3-4-14-9-16-5-6-17(10-15(14)7-13)20(16)11-27(12-21(23,24)25)32(29,30)26-20/h3-4,7-8,16-17,26H,2,5-6,9-12H2,1H3/b18-8+/t16-,17+,20+/m0/s1. The van der Waals surface area contributed by atoms with Gasteiger partial charge >= 0.3 is 12.1 Å².